The van der Waals surface area contributed by atoms with Gasteiger partial charge >= 0.3 is 0 Å². The van der Waals surface area contributed by atoms with Gasteiger partial charge in [-0.05, 0) is 6.92 Å². The monoisotopic (exact) mass is 174 g/mol. The molecular formula is C11H14N2. The van der Waals surface area contributed by atoms with E-state index in [-0.39, 0.29) is 0 Å². The quantitative estimate of drug-likeness (QED) is 0.614. The lowest BCUT2D eigenvalue weighted by atomic mass is 10.1. The molecule has 0 radical (unpaired) electrons. The summed E-state index contributed by atoms with van der Waals surface area (Å²) < 4.78 is 0. The van der Waals surface area contributed by atoms with Crippen LogP contribution in [0.4, 0.5) is 0 Å². The van der Waals surface area contributed by atoms with Crippen LogP contribution in [0.1, 0.15) is 12.5 Å². The summed E-state index contributed by atoms with van der Waals surface area (Å²) in [4.78, 5) is 8.34. The van der Waals surface area contributed by atoms with Crippen LogP contribution in [-0.2, 0) is 0 Å². The molecule has 0 saturated carbocycles. The van der Waals surface area contributed by atoms with Crippen LogP contribution in [0.25, 0.3) is 0 Å². The summed E-state index contributed by atoms with van der Waals surface area (Å²) >= 11 is 0. The van der Waals surface area contributed by atoms with E-state index >= 15 is 0 Å². The minimum atomic E-state index is 0.961. The normalized spacial score (nSPS) is 13.2. The Morgan fingerprint density at radius 3 is 2.08 bits per heavy atom. The van der Waals surface area contributed by atoms with E-state index in [1.807, 2.05) is 37.3 Å². The van der Waals surface area contributed by atoms with Gasteiger partial charge in [0.05, 0.1) is 11.4 Å². The number of hydrogen-bond acceptors (Lipinski definition) is 2. The van der Waals surface area contributed by atoms with Crippen molar-refractivity contribution in [3.8, 4) is 0 Å². The number of benzene rings is 1. The van der Waals surface area contributed by atoms with Crippen LogP contribution in [0.3, 0.4) is 0 Å². The fourth-order valence-electron chi connectivity index (χ4n) is 1.20. The zero-order valence-corrected chi connectivity index (χ0v) is 8.28. The van der Waals surface area contributed by atoms with Crippen molar-refractivity contribution in [3.63, 3.8) is 0 Å². The first-order chi connectivity index (χ1) is 6.29. The van der Waals surface area contributed by atoms with E-state index < -0.39 is 0 Å². The average molecular weight is 174 g/mol. The second-order valence-electron chi connectivity index (χ2n) is 2.75. The Kier molecular flexibility index (Phi) is 3.38. The maximum Gasteiger partial charge on any atom is 0.0850 e. The third-order valence-corrected chi connectivity index (χ3v) is 1.95. The van der Waals surface area contributed by atoms with Crippen molar-refractivity contribution in [2.75, 3.05) is 14.1 Å². The molecule has 0 bridgehead atoms. The van der Waals surface area contributed by atoms with E-state index in [2.05, 4.69) is 9.98 Å². The van der Waals surface area contributed by atoms with Crippen molar-refractivity contribution in [3.05, 3.63) is 35.9 Å². The Morgan fingerprint density at radius 2 is 1.62 bits per heavy atom. The minimum Gasteiger partial charge on any atom is -0.291 e. The van der Waals surface area contributed by atoms with E-state index in [9.17, 15) is 0 Å². The molecule has 0 amide bonds. The Hall–Kier alpha value is -1.44. The number of rotatable bonds is 2. The van der Waals surface area contributed by atoms with Crippen LogP contribution in [0.5, 0.6) is 0 Å². The van der Waals surface area contributed by atoms with Crippen LogP contribution in [0.2, 0.25) is 0 Å². The highest BCUT2D eigenvalue weighted by atomic mass is 14.8. The molecule has 68 valence electrons. The molecule has 0 fully saturated rings. The van der Waals surface area contributed by atoms with E-state index in [1.54, 1.807) is 14.1 Å². The smallest absolute Gasteiger partial charge is 0.0850 e. The third kappa shape index (κ3) is 2.25. The lowest BCUT2D eigenvalue weighted by Crippen LogP contribution is -2.11. The largest absolute Gasteiger partial charge is 0.291 e. The highest BCUT2D eigenvalue weighted by Gasteiger charge is 2.03. The first-order valence-corrected chi connectivity index (χ1v) is 4.25. The molecule has 0 saturated heterocycles. The van der Waals surface area contributed by atoms with Crippen LogP contribution >= 0.6 is 0 Å². The van der Waals surface area contributed by atoms with Gasteiger partial charge in [0.2, 0.25) is 0 Å². The summed E-state index contributed by atoms with van der Waals surface area (Å²) in [7, 11) is 3.57. The third-order valence-electron chi connectivity index (χ3n) is 1.95. The molecule has 0 aliphatic heterocycles. The molecule has 0 N–H and O–H groups in total. The lowest BCUT2D eigenvalue weighted by Gasteiger charge is -2.03. The molecule has 0 aliphatic carbocycles. The van der Waals surface area contributed by atoms with Gasteiger partial charge in [-0.1, -0.05) is 30.3 Å². The molecule has 0 heterocycles. The Labute approximate surface area is 79.0 Å². The summed E-state index contributed by atoms with van der Waals surface area (Å²) in [5, 5.41) is 0. The van der Waals surface area contributed by atoms with Gasteiger partial charge in [-0.3, -0.25) is 9.98 Å². The number of hydrogen-bond donors (Lipinski definition) is 0. The predicted octanol–water partition coefficient (Wildman–Crippen LogP) is 2.20. The van der Waals surface area contributed by atoms with Gasteiger partial charge in [0.15, 0.2) is 0 Å². The topological polar surface area (TPSA) is 24.7 Å². The first kappa shape index (κ1) is 9.65. The van der Waals surface area contributed by atoms with Crippen molar-refractivity contribution < 1.29 is 0 Å². The van der Waals surface area contributed by atoms with Gasteiger partial charge in [-0.15, -0.1) is 0 Å². The molecule has 1 aromatic carbocycles. The van der Waals surface area contributed by atoms with E-state index in [0.29, 0.717) is 0 Å². The van der Waals surface area contributed by atoms with E-state index in [4.69, 9.17) is 0 Å². The molecule has 0 unspecified atom stereocenters. The molecule has 1 aromatic rings. The molecule has 2 nitrogen and oxygen atoms in total. The molecular weight excluding hydrogens is 160 g/mol. The van der Waals surface area contributed by atoms with Gasteiger partial charge in [0, 0.05) is 19.7 Å². The van der Waals surface area contributed by atoms with E-state index in [1.165, 1.54) is 0 Å². The molecule has 1 rings (SSSR count). The summed E-state index contributed by atoms with van der Waals surface area (Å²) in [5.74, 6) is 0. The van der Waals surface area contributed by atoms with Crippen LogP contribution < -0.4 is 0 Å². The van der Waals surface area contributed by atoms with Gasteiger partial charge in [0.25, 0.3) is 0 Å². The Balaban J connectivity index is 3.07. The molecule has 0 aliphatic rings. The summed E-state index contributed by atoms with van der Waals surface area (Å²) in [5.41, 5.74) is 3.05. The SMILES string of the molecule is C/N=C(C)\C(=N/C)c1ccccc1. The van der Waals surface area contributed by atoms with Crippen molar-refractivity contribution in [1.82, 2.24) is 0 Å². The fraction of sp³-hybridized carbons (Fsp3) is 0.273. The molecule has 0 atom stereocenters. The second kappa shape index (κ2) is 4.55. The predicted molar refractivity (Wildman–Crippen MR) is 57.9 cm³/mol. The van der Waals surface area contributed by atoms with Crippen LogP contribution in [0.15, 0.2) is 40.3 Å². The van der Waals surface area contributed by atoms with Crippen molar-refractivity contribution in [1.29, 1.82) is 0 Å². The lowest BCUT2D eigenvalue weighted by molar-refractivity contribution is 1.40. The van der Waals surface area contributed by atoms with Crippen LogP contribution in [-0.4, -0.2) is 25.5 Å². The van der Waals surface area contributed by atoms with Gasteiger partial charge < -0.3 is 0 Å². The highest BCUT2D eigenvalue weighted by Crippen LogP contribution is 2.02. The number of aliphatic imine (C=N–C) groups is 2. The Bertz CT molecular complexity index is 323. The summed E-state index contributed by atoms with van der Waals surface area (Å²) in [6, 6.07) is 10.1. The Morgan fingerprint density at radius 1 is 1.00 bits per heavy atom. The van der Waals surface area contributed by atoms with Crippen molar-refractivity contribution in [2.24, 2.45) is 9.98 Å². The first-order valence-electron chi connectivity index (χ1n) is 4.25. The maximum absolute atomic E-state index is 4.21. The maximum atomic E-state index is 4.21. The molecule has 13 heavy (non-hydrogen) atoms. The van der Waals surface area contributed by atoms with Gasteiger partial charge in [0.1, 0.15) is 0 Å². The molecule has 2 heteroatoms. The zero-order chi connectivity index (χ0) is 9.68. The molecule has 0 spiro atoms. The fourth-order valence-corrected chi connectivity index (χ4v) is 1.20. The zero-order valence-electron chi connectivity index (χ0n) is 8.28. The summed E-state index contributed by atoms with van der Waals surface area (Å²) in [6.07, 6.45) is 0. The standard InChI is InChI=1S/C11H14N2/c1-9(12-2)11(13-3)10-7-5-4-6-8-10/h4-8H,1-3H3/b12-9-,13-11+. The van der Waals surface area contributed by atoms with Crippen molar-refractivity contribution >= 4 is 11.4 Å². The average Bonchev–Trinajstić information content (AvgIpc) is 2.20. The minimum absolute atomic E-state index is 0.961. The van der Waals surface area contributed by atoms with Gasteiger partial charge in [-0.25, -0.2) is 0 Å². The second-order valence-corrected chi connectivity index (χ2v) is 2.75. The van der Waals surface area contributed by atoms with Crippen molar-refractivity contribution in [2.45, 2.75) is 6.92 Å². The highest BCUT2D eigenvalue weighted by molar-refractivity contribution is 6.47. The summed E-state index contributed by atoms with van der Waals surface area (Å²) in [6.45, 7) is 1.97. The van der Waals surface area contributed by atoms with Gasteiger partial charge in [-0.2, -0.15) is 0 Å². The molecule has 0 aromatic heterocycles. The number of nitrogens with zero attached hydrogens (tertiary/aromatic N) is 2. The van der Waals surface area contributed by atoms with Crippen LogP contribution in [0, 0.1) is 0 Å². The van der Waals surface area contributed by atoms with E-state index in [0.717, 1.165) is 17.0 Å².